The summed E-state index contributed by atoms with van der Waals surface area (Å²) in [5, 5.41) is 10.5. The van der Waals surface area contributed by atoms with Crippen LogP contribution in [0.4, 0.5) is 4.39 Å². The quantitative estimate of drug-likeness (QED) is 0.364. The Labute approximate surface area is 195 Å². The number of Topliss-reactive ketones (excluding diaryl/α,β-unsaturated/α-hetero) is 1. The van der Waals surface area contributed by atoms with Crippen LogP contribution in [0.2, 0.25) is 5.02 Å². The molecule has 0 unspecified atom stereocenters. The highest BCUT2D eigenvalue weighted by Gasteiger charge is 2.13. The van der Waals surface area contributed by atoms with Crippen molar-refractivity contribution >= 4 is 33.3 Å². The van der Waals surface area contributed by atoms with Crippen molar-refractivity contribution in [3.05, 3.63) is 92.2 Å². The first kappa shape index (κ1) is 23.3. The summed E-state index contributed by atoms with van der Waals surface area (Å²) < 4.78 is 19.6. The minimum atomic E-state index is -0.369. The van der Waals surface area contributed by atoms with Gasteiger partial charge in [0, 0.05) is 22.3 Å². The molecule has 0 aliphatic heterocycles. The van der Waals surface area contributed by atoms with Gasteiger partial charge in [0.1, 0.15) is 23.9 Å². The molecule has 0 heterocycles. The summed E-state index contributed by atoms with van der Waals surface area (Å²) in [4.78, 5) is 12.2. The predicted octanol–water partition coefficient (Wildman–Crippen LogP) is 6.85. The second kappa shape index (κ2) is 10.3. The average Bonchev–Trinajstić information content (AvgIpc) is 2.70. The zero-order valence-electron chi connectivity index (χ0n) is 17.3. The van der Waals surface area contributed by atoms with Gasteiger partial charge >= 0.3 is 0 Å². The predicted molar refractivity (Wildman–Crippen MR) is 125 cm³/mol. The van der Waals surface area contributed by atoms with Crippen molar-refractivity contribution in [2.24, 2.45) is 0 Å². The lowest BCUT2D eigenvalue weighted by atomic mass is 9.96. The normalized spacial score (nSPS) is 11.0. The first-order valence-electron chi connectivity index (χ1n) is 9.91. The lowest BCUT2D eigenvalue weighted by Gasteiger charge is -2.14. The minimum absolute atomic E-state index is 0.101. The van der Waals surface area contributed by atoms with Crippen molar-refractivity contribution in [2.45, 2.75) is 32.6 Å². The Balaban J connectivity index is 1.67. The van der Waals surface area contributed by atoms with E-state index in [0.717, 1.165) is 21.2 Å². The molecule has 0 aliphatic rings. The molecule has 3 rings (SSSR count). The highest BCUT2D eigenvalue weighted by Crippen LogP contribution is 2.34. The number of halogens is 3. The van der Waals surface area contributed by atoms with E-state index in [9.17, 15) is 14.3 Å². The summed E-state index contributed by atoms with van der Waals surface area (Å²) in [7, 11) is 0. The molecule has 162 valence electrons. The van der Waals surface area contributed by atoms with E-state index in [-0.39, 0.29) is 36.3 Å². The number of carbonyl (C=O) groups excluding carboxylic acids is 1. The third kappa shape index (κ3) is 6.31. The number of aromatic hydroxyl groups is 1. The molecule has 6 heteroatoms. The molecule has 0 aliphatic carbocycles. The van der Waals surface area contributed by atoms with Crippen molar-refractivity contribution in [3.8, 4) is 11.5 Å². The van der Waals surface area contributed by atoms with Gasteiger partial charge in [0.15, 0.2) is 5.78 Å². The third-order valence-electron chi connectivity index (χ3n) is 4.90. The summed E-state index contributed by atoms with van der Waals surface area (Å²) >= 11 is 10.0. The molecule has 3 aromatic carbocycles. The Hall–Kier alpha value is -2.37. The van der Waals surface area contributed by atoms with Gasteiger partial charge in [-0.2, -0.15) is 0 Å². The number of hydrogen-bond acceptors (Lipinski definition) is 3. The zero-order valence-corrected chi connectivity index (χ0v) is 19.6. The van der Waals surface area contributed by atoms with Crippen molar-refractivity contribution in [2.75, 3.05) is 6.61 Å². The second-order valence-corrected chi connectivity index (χ2v) is 8.99. The highest BCUT2D eigenvalue weighted by atomic mass is 79.9. The zero-order chi connectivity index (χ0) is 22.5. The highest BCUT2D eigenvalue weighted by molar-refractivity contribution is 9.10. The second-order valence-electron chi connectivity index (χ2n) is 7.72. The first-order chi connectivity index (χ1) is 14.7. The van der Waals surface area contributed by atoms with Crippen LogP contribution in [0, 0.1) is 5.82 Å². The minimum Gasteiger partial charge on any atom is -0.508 e. The van der Waals surface area contributed by atoms with Gasteiger partial charge in [-0.05, 0) is 58.5 Å². The van der Waals surface area contributed by atoms with E-state index in [4.69, 9.17) is 16.3 Å². The number of ether oxygens (including phenoxy) is 1. The molecule has 1 N–H and O–H groups in total. The fourth-order valence-corrected chi connectivity index (χ4v) is 4.27. The van der Waals surface area contributed by atoms with Gasteiger partial charge in [-0.3, -0.25) is 4.79 Å². The number of ketones is 1. The molecule has 0 spiro atoms. The van der Waals surface area contributed by atoms with Crippen LogP contribution in [0.25, 0.3) is 0 Å². The Morgan fingerprint density at radius 3 is 2.58 bits per heavy atom. The van der Waals surface area contributed by atoms with E-state index in [2.05, 4.69) is 15.9 Å². The lowest BCUT2D eigenvalue weighted by molar-refractivity contribution is -0.120. The smallest absolute Gasteiger partial charge is 0.174 e. The molecule has 0 aromatic heterocycles. The molecule has 0 amide bonds. The summed E-state index contributed by atoms with van der Waals surface area (Å²) in [6.45, 7) is 3.93. The molecule has 0 atom stereocenters. The maximum atomic E-state index is 13.3. The fourth-order valence-electron chi connectivity index (χ4n) is 3.30. The molecule has 0 saturated carbocycles. The summed E-state index contributed by atoms with van der Waals surface area (Å²) in [5.41, 5.74) is 3.42. The Kier molecular flexibility index (Phi) is 7.74. The Morgan fingerprint density at radius 1 is 1.13 bits per heavy atom. The summed E-state index contributed by atoms with van der Waals surface area (Å²) in [6.07, 6.45) is 0.683. The van der Waals surface area contributed by atoms with Crippen molar-refractivity contribution in [1.82, 2.24) is 0 Å². The number of rotatable bonds is 8. The van der Waals surface area contributed by atoms with Crippen LogP contribution in [-0.2, 0) is 17.6 Å². The SMILES string of the molecule is CC(C)c1cc(Cc2c(Cl)cc(OCC(=O)Cc3cccc(F)c3)cc2Br)ccc1O. The molecule has 0 radical (unpaired) electrons. The van der Waals surface area contributed by atoms with Gasteiger partial charge in [-0.25, -0.2) is 4.39 Å². The number of benzene rings is 3. The van der Waals surface area contributed by atoms with Crippen molar-refractivity contribution in [3.63, 3.8) is 0 Å². The van der Waals surface area contributed by atoms with Gasteiger partial charge in [0.05, 0.1) is 0 Å². The van der Waals surface area contributed by atoms with Crippen LogP contribution in [-0.4, -0.2) is 17.5 Å². The number of phenols is 1. The number of phenolic OH excluding ortho intramolecular Hbond substituents is 1. The van der Waals surface area contributed by atoms with Crippen molar-refractivity contribution in [1.29, 1.82) is 0 Å². The van der Waals surface area contributed by atoms with Gasteiger partial charge < -0.3 is 9.84 Å². The van der Waals surface area contributed by atoms with E-state index < -0.39 is 0 Å². The third-order valence-corrected chi connectivity index (χ3v) is 5.94. The molecule has 31 heavy (non-hydrogen) atoms. The molecular formula is C25H23BrClFO3. The van der Waals surface area contributed by atoms with Crippen molar-refractivity contribution < 1.29 is 19.0 Å². The van der Waals surface area contributed by atoms with Gasteiger partial charge in [-0.1, -0.05) is 65.6 Å². The lowest BCUT2D eigenvalue weighted by Crippen LogP contribution is -2.14. The summed E-state index contributed by atoms with van der Waals surface area (Å²) in [6, 6.07) is 15.0. The van der Waals surface area contributed by atoms with Crippen LogP contribution in [0.5, 0.6) is 11.5 Å². The van der Waals surface area contributed by atoms with E-state index >= 15 is 0 Å². The Bertz CT molecular complexity index is 1070. The topological polar surface area (TPSA) is 46.5 Å². The maximum absolute atomic E-state index is 13.3. The van der Waals surface area contributed by atoms with Crippen LogP contribution >= 0.6 is 27.5 Å². The molecule has 0 fully saturated rings. The molecular weight excluding hydrogens is 483 g/mol. The first-order valence-corrected chi connectivity index (χ1v) is 11.1. The molecule has 3 nitrogen and oxygen atoms in total. The average molecular weight is 506 g/mol. The largest absolute Gasteiger partial charge is 0.508 e. The summed E-state index contributed by atoms with van der Waals surface area (Å²) in [5.74, 6) is 0.441. The van der Waals surface area contributed by atoms with E-state index in [1.807, 2.05) is 26.0 Å². The van der Waals surface area contributed by atoms with Crippen LogP contribution < -0.4 is 4.74 Å². The van der Waals surface area contributed by atoms with E-state index in [0.29, 0.717) is 22.8 Å². The molecule has 3 aromatic rings. The van der Waals surface area contributed by atoms with E-state index in [1.54, 1.807) is 30.3 Å². The van der Waals surface area contributed by atoms with Gasteiger partial charge in [0.25, 0.3) is 0 Å². The monoisotopic (exact) mass is 504 g/mol. The fraction of sp³-hybridized carbons (Fsp3) is 0.240. The molecule has 0 bridgehead atoms. The Morgan fingerprint density at radius 2 is 1.90 bits per heavy atom. The maximum Gasteiger partial charge on any atom is 0.174 e. The van der Waals surface area contributed by atoms with Crippen LogP contribution in [0.1, 0.15) is 42.0 Å². The van der Waals surface area contributed by atoms with Gasteiger partial charge in [0.2, 0.25) is 0 Å². The van der Waals surface area contributed by atoms with Crippen LogP contribution in [0.15, 0.2) is 59.1 Å². The number of hydrogen-bond donors (Lipinski definition) is 1. The molecule has 0 saturated heterocycles. The van der Waals surface area contributed by atoms with Crippen LogP contribution in [0.3, 0.4) is 0 Å². The van der Waals surface area contributed by atoms with E-state index in [1.165, 1.54) is 12.1 Å². The standard InChI is InChI=1S/C25H23BrClFO3/c1-15(2)21-10-17(6-7-25(21)30)11-22-23(26)12-20(13-24(22)27)31-14-19(29)9-16-4-3-5-18(28)8-16/h3-8,10,12-13,15,30H,9,11,14H2,1-2H3. The number of carbonyl (C=O) groups is 1. The van der Waals surface area contributed by atoms with Gasteiger partial charge in [-0.15, -0.1) is 0 Å².